The van der Waals surface area contributed by atoms with Crippen molar-refractivity contribution in [3.8, 4) is 0 Å². The summed E-state index contributed by atoms with van der Waals surface area (Å²) in [7, 11) is 3.93. The van der Waals surface area contributed by atoms with Crippen LogP contribution in [0, 0.1) is 6.92 Å². The minimum absolute atomic E-state index is 0.529. The van der Waals surface area contributed by atoms with Crippen molar-refractivity contribution in [1.29, 1.82) is 0 Å². The Morgan fingerprint density at radius 3 is 2.20 bits per heavy atom. The monoisotopic (exact) mass is 290 g/mol. The molecule has 1 N–H and O–H groups in total. The van der Waals surface area contributed by atoms with E-state index in [1.54, 1.807) is 13.0 Å². The van der Waals surface area contributed by atoms with E-state index in [1.165, 1.54) is 0 Å². The van der Waals surface area contributed by atoms with Crippen LogP contribution in [0.5, 0.6) is 0 Å². The highest BCUT2D eigenvalue weighted by atomic mass is 19.4. The second-order valence-corrected chi connectivity index (χ2v) is 4.67. The molecule has 2 nitrogen and oxygen atoms in total. The van der Waals surface area contributed by atoms with Gasteiger partial charge < -0.3 is 10.2 Å². The molecule has 0 fully saturated rings. The van der Waals surface area contributed by atoms with Gasteiger partial charge in [0.15, 0.2) is 0 Å². The molecule has 0 amide bonds. The Morgan fingerprint density at radius 2 is 1.70 bits per heavy atom. The zero-order valence-corrected chi connectivity index (χ0v) is 12.9. The van der Waals surface area contributed by atoms with Crippen molar-refractivity contribution in [2.24, 2.45) is 0 Å². The van der Waals surface area contributed by atoms with E-state index in [4.69, 9.17) is 0 Å². The molecule has 0 aliphatic heterocycles. The smallest absolute Gasteiger partial charge is 0.385 e. The van der Waals surface area contributed by atoms with Crippen molar-refractivity contribution in [3.63, 3.8) is 0 Å². The number of hydrogen-bond donors (Lipinski definition) is 1. The maximum absolute atomic E-state index is 12.6. The van der Waals surface area contributed by atoms with E-state index in [1.807, 2.05) is 32.8 Å². The summed E-state index contributed by atoms with van der Waals surface area (Å²) >= 11 is 0. The van der Waals surface area contributed by atoms with Gasteiger partial charge in [0.1, 0.15) is 0 Å². The molecule has 0 aromatic heterocycles. The summed E-state index contributed by atoms with van der Waals surface area (Å²) in [4.78, 5) is 2.04. The third-order valence-electron chi connectivity index (χ3n) is 2.52. The molecule has 1 rings (SSSR count). The summed E-state index contributed by atoms with van der Waals surface area (Å²) in [5.41, 5.74) is 0.540. The predicted molar refractivity (Wildman–Crippen MR) is 79.2 cm³/mol. The van der Waals surface area contributed by atoms with Crippen LogP contribution >= 0.6 is 0 Å². The third-order valence-corrected chi connectivity index (χ3v) is 2.52. The number of hydrogen-bond acceptors (Lipinski definition) is 2. The van der Waals surface area contributed by atoms with Gasteiger partial charge in [-0.05, 0) is 57.7 Å². The largest absolute Gasteiger partial charge is 0.416 e. The van der Waals surface area contributed by atoms with Crippen molar-refractivity contribution >= 4 is 5.69 Å². The van der Waals surface area contributed by atoms with Gasteiger partial charge in [0.25, 0.3) is 0 Å². The van der Waals surface area contributed by atoms with Gasteiger partial charge in [-0.25, -0.2) is 0 Å². The van der Waals surface area contributed by atoms with Crippen LogP contribution in [-0.2, 0) is 6.18 Å². The van der Waals surface area contributed by atoms with Gasteiger partial charge in [0.2, 0.25) is 0 Å². The number of rotatable bonds is 5. The van der Waals surface area contributed by atoms with Gasteiger partial charge in [-0.2, -0.15) is 13.2 Å². The minimum Gasteiger partial charge on any atom is -0.385 e. The number of anilines is 1. The highest BCUT2D eigenvalue weighted by Gasteiger charge is 2.30. The van der Waals surface area contributed by atoms with Gasteiger partial charge in [-0.15, -0.1) is 0 Å². The molecule has 20 heavy (non-hydrogen) atoms. The molecule has 0 bridgehead atoms. The molecular weight excluding hydrogens is 265 g/mol. The van der Waals surface area contributed by atoms with E-state index >= 15 is 0 Å². The second kappa shape index (κ2) is 8.84. The lowest BCUT2D eigenvalue weighted by atomic mass is 10.1. The van der Waals surface area contributed by atoms with E-state index in [0.717, 1.165) is 25.1 Å². The van der Waals surface area contributed by atoms with E-state index in [2.05, 4.69) is 5.32 Å². The molecule has 0 saturated carbocycles. The van der Waals surface area contributed by atoms with E-state index in [0.29, 0.717) is 17.8 Å². The van der Waals surface area contributed by atoms with Gasteiger partial charge in [0, 0.05) is 12.2 Å². The predicted octanol–water partition coefficient (Wildman–Crippen LogP) is 4.40. The van der Waals surface area contributed by atoms with Crippen molar-refractivity contribution in [2.45, 2.75) is 33.4 Å². The Labute approximate surface area is 120 Å². The van der Waals surface area contributed by atoms with Crippen LogP contribution in [0.4, 0.5) is 18.9 Å². The molecular formula is C15H25F3N2. The molecule has 116 valence electrons. The molecule has 0 saturated heterocycles. The summed E-state index contributed by atoms with van der Waals surface area (Å²) < 4.78 is 37.8. The van der Waals surface area contributed by atoms with Crippen LogP contribution in [0.3, 0.4) is 0 Å². The highest BCUT2D eigenvalue weighted by molar-refractivity contribution is 5.49. The number of nitrogens with one attached hydrogen (secondary N) is 1. The standard InChI is InChI=1S/C13H19F3N2.C2H6/c1-10-7-11(13(14,15)16)9-12(8-10)17-5-4-6-18(2)3;1-2/h7-9,17H,4-6H2,1-3H3;1-2H3. The molecule has 0 spiro atoms. The van der Waals surface area contributed by atoms with Gasteiger partial charge >= 0.3 is 6.18 Å². The molecule has 1 aromatic rings. The number of nitrogens with zero attached hydrogens (tertiary/aromatic N) is 1. The topological polar surface area (TPSA) is 15.3 Å². The first kappa shape index (κ1) is 18.8. The van der Waals surface area contributed by atoms with Gasteiger partial charge in [0.05, 0.1) is 5.56 Å². The Hall–Kier alpha value is -1.23. The number of alkyl halides is 3. The Kier molecular flexibility index (Phi) is 8.30. The normalized spacial score (nSPS) is 11.1. The number of benzene rings is 1. The molecule has 5 heteroatoms. The summed E-state index contributed by atoms with van der Waals surface area (Å²) in [5, 5.41) is 3.03. The first-order valence-electron chi connectivity index (χ1n) is 6.86. The minimum atomic E-state index is -4.29. The van der Waals surface area contributed by atoms with E-state index in [-0.39, 0.29) is 0 Å². The van der Waals surface area contributed by atoms with E-state index in [9.17, 15) is 13.2 Å². The SMILES string of the molecule is CC.Cc1cc(NCCCN(C)C)cc(C(F)(F)F)c1. The maximum Gasteiger partial charge on any atom is 0.416 e. The lowest BCUT2D eigenvalue weighted by Crippen LogP contribution is -2.16. The van der Waals surface area contributed by atoms with E-state index < -0.39 is 11.7 Å². The third kappa shape index (κ3) is 7.38. The molecule has 0 heterocycles. The highest BCUT2D eigenvalue weighted by Crippen LogP contribution is 2.31. The summed E-state index contributed by atoms with van der Waals surface area (Å²) in [6.45, 7) is 7.24. The maximum atomic E-state index is 12.6. The van der Waals surface area contributed by atoms with Crippen LogP contribution < -0.4 is 5.32 Å². The van der Waals surface area contributed by atoms with Gasteiger partial charge in [-0.1, -0.05) is 13.8 Å². The Bertz CT molecular complexity index is 387. The Balaban J connectivity index is 0.00000172. The van der Waals surface area contributed by atoms with Crippen LogP contribution in [-0.4, -0.2) is 32.1 Å². The first-order chi connectivity index (χ1) is 9.29. The van der Waals surface area contributed by atoms with Crippen LogP contribution in [0.15, 0.2) is 18.2 Å². The number of aryl methyl sites for hydroxylation is 1. The fourth-order valence-electron chi connectivity index (χ4n) is 1.68. The zero-order chi connectivity index (χ0) is 15.8. The molecule has 0 radical (unpaired) electrons. The van der Waals surface area contributed by atoms with Crippen molar-refractivity contribution in [2.75, 3.05) is 32.5 Å². The van der Waals surface area contributed by atoms with Crippen LogP contribution in [0.2, 0.25) is 0 Å². The fraction of sp³-hybridized carbons (Fsp3) is 0.600. The molecule has 0 atom stereocenters. The zero-order valence-electron chi connectivity index (χ0n) is 12.9. The van der Waals surface area contributed by atoms with Crippen LogP contribution in [0.1, 0.15) is 31.4 Å². The summed E-state index contributed by atoms with van der Waals surface area (Å²) in [6, 6.07) is 4.04. The lowest BCUT2D eigenvalue weighted by Gasteiger charge is -2.13. The Morgan fingerprint density at radius 1 is 1.10 bits per heavy atom. The fourth-order valence-corrected chi connectivity index (χ4v) is 1.68. The quantitative estimate of drug-likeness (QED) is 0.808. The average Bonchev–Trinajstić information content (AvgIpc) is 2.35. The second-order valence-electron chi connectivity index (χ2n) is 4.67. The van der Waals surface area contributed by atoms with Crippen molar-refractivity contribution in [1.82, 2.24) is 4.90 Å². The van der Waals surface area contributed by atoms with Gasteiger partial charge in [-0.3, -0.25) is 0 Å². The molecule has 0 unspecified atom stereocenters. The molecule has 0 aliphatic carbocycles. The van der Waals surface area contributed by atoms with Crippen molar-refractivity contribution < 1.29 is 13.2 Å². The average molecular weight is 290 g/mol. The lowest BCUT2D eigenvalue weighted by molar-refractivity contribution is -0.137. The van der Waals surface area contributed by atoms with Crippen LogP contribution in [0.25, 0.3) is 0 Å². The van der Waals surface area contributed by atoms with Crippen molar-refractivity contribution in [3.05, 3.63) is 29.3 Å². The summed E-state index contributed by atoms with van der Waals surface area (Å²) in [6.07, 6.45) is -3.39. The first-order valence-corrected chi connectivity index (χ1v) is 6.86. The number of halogens is 3. The summed E-state index contributed by atoms with van der Waals surface area (Å²) in [5.74, 6) is 0. The molecule has 0 aliphatic rings. The molecule has 1 aromatic carbocycles.